The predicted molar refractivity (Wildman–Crippen MR) is 140 cm³/mol. The maximum absolute atomic E-state index is 13.7. The molecular weight excluding hydrogens is 476 g/mol. The summed E-state index contributed by atoms with van der Waals surface area (Å²) in [7, 11) is 0. The summed E-state index contributed by atoms with van der Waals surface area (Å²) in [6, 6.07) is 14.2. The van der Waals surface area contributed by atoms with Crippen LogP contribution in [0.25, 0.3) is 6.08 Å². The molecule has 0 fully saturated rings. The number of fused-ring (bicyclic) bond motifs is 1. The number of hydrogen-bond acceptors (Lipinski definition) is 7. The van der Waals surface area contributed by atoms with Gasteiger partial charge in [0.25, 0.3) is 5.56 Å². The molecule has 2 heterocycles. The lowest BCUT2D eigenvalue weighted by Gasteiger charge is -2.26. The topological polar surface area (TPSA) is 79.1 Å². The van der Waals surface area contributed by atoms with Gasteiger partial charge in [-0.15, -0.1) is 0 Å². The Labute approximate surface area is 213 Å². The average Bonchev–Trinajstić information content (AvgIpc) is 3.17. The monoisotopic (exact) mass is 504 g/mol. The van der Waals surface area contributed by atoms with Crippen LogP contribution in [0.15, 0.2) is 82.2 Å². The van der Waals surface area contributed by atoms with E-state index in [1.807, 2.05) is 61.5 Å². The standard InChI is InChI=1S/C28H28N2O5S/c1-5-16-35-20-14-12-19(13-15-20)17-23-26(31)30-25(21-10-8-9-11-22(21)33-6-2)24(27(32)34-7-3)18(4)29-28(30)36-23/h5,8-15,17,25H,1,6-7,16H2,2-4H3/b23-17-. The maximum Gasteiger partial charge on any atom is 0.338 e. The van der Waals surface area contributed by atoms with Crippen LogP contribution in [0.5, 0.6) is 11.5 Å². The van der Waals surface area contributed by atoms with Gasteiger partial charge in [-0.1, -0.05) is 54.3 Å². The van der Waals surface area contributed by atoms with Gasteiger partial charge in [-0.3, -0.25) is 9.36 Å². The van der Waals surface area contributed by atoms with E-state index < -0.39 is 12.0 Å². The Morgan fingerprint density at radius 2 is 1.86 bits per heavy atom. The van der Waals surface area contributed by atoms with Crippen molar-refractivity contribution in [1.82, 2.24) is 4.57 Å². The normalized spacial score (nSPS) is 15.2. The molecule has 0 aliphatic carbocycles. The highest BCUT2D eigenvalue weighted by molar-refractivity contribution is 7.07. The van der Waals surface area contributed by atoms with Gasteiger partial charge in [0, 0.05) is 5.56 Å². The number of allylic oxidation sites excluding steroid dienone is 1. The highest BCUT2D eigenvalue weighted by atomic mass is 32.1. The summed E-state index contributed by atoms with van der Waals surface area (Å²) in [6.45, 7) is 10.1. The van der Waals surface area contributed by atoms with Crippen LogP contribution in [-0.2, 0) is 9.53 Å². The van der Waals surface area contributed by atoms with Gasteiger partial charge < -0.3 is 14.2 Å². The third-order valence-corrected chi connectivity index (χ3v) is 6.56. The van der Waals surface area contributed by atoms with E-state index in [-0.39, 0.29) is 12.2 Å². The first kappa shape index (κ1) is 25.2. The van der Waals surface area contributed by atoms with Crippen molar-refractivity contribution in [2.75, 3.05) is 19.8 Å². The summed E-state index contributed by atoms with van der Waals surface area (Å²) in [5.74, 6) is 0.821. The van der Waals surface area contributed by atoms with Gasteiger partial charge in [-0.2, -0.15) is 0 Å². The highest BCUT2D eigenvalue weighted by Crippen LogP contribution is 2.35. The molecule has 1 unspecified atom stereocenters. The number of rotatable bonds is 9. The van der Waals surface area contributed by atoms with Crippen LogP contribution in [0.3, 0.4) is 0 Å². The molecule has 3 aromatic rings. The number of carbonyl (C=O) groups is 1. The highest BCUT2D eigenvalue weighted by Gasteiger charge is 2.35. The van der Waals surface area contributed by atoms with Crippen LogP contribution >= 0.6 is 11.3 Å². The molecule has 36 heavy (non-hydrogen) atoms. The van der Waals surface area contributed by atoms with Crippen LogP contribution in [0.4, 0.5) is 0 Å². The van der Waals surface area contributed by atoms with E-state index in [0.29, 0.717) is 45.1 Å². The zero-order valence-electron chi connectivity index (χ0n) is 20.5. The molecule has 0 bridgehead atoms. The van der Waals surface area contributed by atoms with Crippen molar-refractivity contribution in [1.29, 1.82) is 0 Å². The average molecular weight is 505 g/mol. The first-order valence-corrected chi connectivity index (χ1v) is 12.5. The van der Waals surface area contributed by atoms with Crippen molar-refractivity contribution in [3.8, 4) is 11.5 Å². The number of aromatic nitrogens is 1. The van der Waals surface area contributed by atoms with Crippen molar-refractivity contribution in [3.05, 3.63) is 103 Å². The fourth-order valence-corrected chi connectivity index (χ4v) is 5.09. The van der Waals surface area contributed by atoms with E-state index in [1.54, 1.807) is 24.5 Å². The Kier molecular flexibility index (Phi) is 7.85. The molecule has 2 aromatic carbocycles. The minimum absolute atomic E-state index is 0.215. The molecule has 1 aromatic heterocycles. The van der Waals surface area contributed by atoms with E-state index in [1.165, 1.54) is 11.3 Å². The molecule has 0 radical (unpaired) electrons. The Hall–Kier alpha value is -3.91. The summed E-state index contributed by atoms with van der Waals surface area (Å²) in [5, 5.41) is 0. The molecule has 0 spiro atoms. The van der Waals surface area contributed by atoms with Crippen molar-refractivity contribution < 1.29 is 19.0 Å². The Balaban J connectivity index is 1.88. The second kappa shape index (κ2) is 11.2. The van der Waals surface area contributed by atoms with E-state index in [4.69, 9.17) is 14.2 Å². The van der Waals surface area contributed by atoms with Crippen molar-refractivity contribution in [2.45, 2.75) is 26.8 Å². The van der Waals surface area contributed by atoms with Gasteiger partial charge in [0.2, 0.25) is 0 Å². The number of para-hydroxylation sites is 1. The lowest BCUT2D eigenvalue weighted by atomic mass is 9.95. The fourth-order valence-electron chi connectivity index (χ4n) is 4.05. The number of ether oxygens (including phenoxy) is 3. The Morgan fingerprint density at radius 3 is 2.56 bits per heavy atom. The minimum Gasteiger partial charge on any atom is -0.494 e. The molecule has 1 atom stereocenters. The van der Waals surface area contributed by atoms with Crippen molar-refractivity contribution >= 4 is 23.4 Å². The first-order chi connectivity index (χ1) is 17.5. The molecule has 8 heteroatoms. The lowest BCUT2D eigenvalue weighted by molar-refractivity contribution is -0.139. The quantitative estimate of drug-likeness (QED) is 0.328. The number of hydrogen-bond donors (Lipinski definition) is 0. The molecule has 0 saturated carbocycles. The predicted octanol–water partition coefficient (Wildman–Crippen LogP) is 3.76. The molecule has 0 amide bonds. The number of thiazole rings is 1. The zero-order valence-corrected chi connectivity index (χ0v) is 21.3. The zero-order chi connectivity index (χ0) is 25.7. The lowest BCUT2D eigenvalue weighted by Crippen LogP contribution is -2.40. The fraction of sp³-hybridized carbons (Fsp3) is 0.250. The van der Waals surface area contributed by atoms with Crippen molar-refractivity contribution in [2.24, 2.45) is 4.99 Å². The van der Waals surface area contributed by atoms with Gasteiger partial charge in [-0.25, -0.2) is 9.79 Å². The summed E-state index contributed by atoms with van der Waals surface area (Å²) in [6.07, 6.45) is 3.50. The second-order valence-corrected chi connectivity index (χ2v) is 8.95. The van der Waals surface area contributed by atoms with Crippen LogP contribution in [-0.4, -0.2) is 30.4 Å². The van der Waals surface area contributed by atoms with Crippen LogP contribution in [0, 0.1) is 0 Å². The number of benzene rings is 2. The largest absolute Gasteiger partial charge is 0.494 e. The summed E-state index contributed by atoms with van der Waals surface area (Å²) >= 11 is 1.28. The third-order valence-electron chi connectivity index (χ3n) is 5.58. The molecule has 0 N–H and O–H groups in total. The first-order valence-electron chi connectivity index (χ1n) is 11.7. The molecular formula is C28H28N2O5S. The van der Waals surface area contributed by atoms with E-state index in [2.05, 4.69) is 11.6 Å². The number of carbonyl (C=O) groups excluding carboxylic acids is 1. The van der Waals surface area contributed by atoms with Gasteiger partial charge in [-0.05, 0) is 50.6 Å². The van der Waals surface area contributed by atoms with Gasteiger partial charge in [0.05, 0.1) is 29.0 Å². The molecule has 186 valence electrons. The Bertz CT molecular complexity index is 1480. The van der Waals surface area contributed by atoms with Crippen LogP contribution in [0.1, 0.15) is 37.9 Å². The van der Waals surface area contributed by atoms with E-state index >= 15 is 0 Å². The maximum atomic E-state index is 13.7. The molecule has 4 rings (SSSR count). The van der Waals surface area contributed by atoms with Crippen molar-refractivity contribution in [3.63, 3.8) is 0 Å². The summed E-state index contributed by atoms with van der Waals surface area (Å²) < 4.78 is 18.8. The van der Waals surface area contributed by atoms with Gasteiger partial charge >= 0.3 is 5.97 Å². The summed E-state index contributed by atoms with van der Waals surface area (Å²) in [5.41, 5.74) is 2.15. The number of nitrogens with zero attached hydrogens (tertiary/aromatic N) is 2. The van der Waals surface area contributed by atoms with Crippen LogP contribution in [0.2, 0.25) is 0 Å². The molecule has 1 aliphatic heterocycles. The molecule has 7 nitrogen and oxygen atoms in total. The molecule has 1 aliphatic rings. The van der Waals surface area contributed by atoms with E-state index in [0.717, 1.165) is 11.3 Å². The van der Waals surface area contributed by atoms with Gasteiger partial charge in [0.1, 0.15) is 24.1 Å². The second-order valence-electron chi connectivity index (χ2n) is 7.94. The van der Waals surface area contributed by atoms with Gasteiger partial charge in [0.15, 0.2) is 4.80 Å². The smallest absolute Gasteiger partial charge is 0.338 e. The molecule has 0 saturated heterocycles. The van der Waals surface area contributed by atoms with Crippen LogP contribution < -0.4 is 24.4 Å². The Morgan fingerprint density at radius 1 is 1.11 bits per heavy atom. The third kappa shape index (κ3) is 5.04. The van der Waals surface area contributed by atoms with E-state index in [9.17, 15) is 9.59 Å². The number of esters is 1. The minimum atomic E-state index is -0.722. The SMILES string of the molecule is C=CCOc1ccc(/C=c2\sc3n(c2=O)C(c2ccccc2OCC)C(C(=O)OCC)=C(C)N=3)cc1. The summed E-state index contributed by atoms with van der Waals surface area (Å²) in [4.78, 5) is 31.9.